The number of anilines is 4. The standard InChI is InChI=1S/C24H29FN6/c1-16-9-10-18(15-17(16)2)21-22(26)27-24(28-23(21)29(3)4)31-13-11-30(12-14-31)20-8-6-5-7-19(20)25/h5-10,15H,11-14H2,1-4H3,(H2,26,27,28). The molecule has 7 heteroatoms. The van der Waals surface area contributed by atoms with Crippen molar-refractivity contribution in [1.82, 2.24) is 9.97 Å². The summed E-state index contributed by atoms with van der Waals surface area (Å²) in [7, 11) is 3.93. The van der Waals surface area contributed by atoms with Gasteiger partial charge in [-0.15, -0.1) is 0 Å². The van der Waals surface area contributed by atoms with Crippen molar-refractivity contribution in [3.63, 3.8) is 0 Å². The molecule has 1 fully saturated rings. The lowest BCUT2D eigenvalue weighted by atomic mass is 10.0. The number of rotatable bonds is 4. The number of nitrogens with two attached hydrogens (primary N) is 1. The smallest absolute Gasteiger partial charge is 0.229 e. The quantitative estimate of drug-likeness (QED) is 0.691. The first kappa shape index (κ1) is 20.9. The van der Waals surface area contributed by atoms with E-state index < -0.39 is 0 Å². The van der Waals surface area contributed by atoms with Crippen LogP contribution in [0.4, 0.5) is 27.7 Å². The second-order valence-electron chi connectivity index (χ2n) is 8.23. The molecule has 0 spiro atoms. The first-order valence-corrected chi connectivity index (χ1v) is 10.5. The van der Waals surface area contributed by atoms with Gasteiger partial charge >= 0.3 is 0 Å². The average Bonchev–Trinajstić information content (AvgIpc) is 2.76. The number of aryl methyl sites for hydroxylation is 2. The van der Waals surface area contributed by atoms with Gasteiger partial charge in [-0.1, -0.05) is 30.3 Å². The van der Waals surface area contributed by atoms with Gasteiger partial charge in [0, 0.05) is 40.3 Å². The van der Waals surface area contributed by atoms with Gasteiger partial charge in [0.15, 0.2) is 0 Å². The zero-order valence-corrected chi connectivity index (χ0v) is 18.6. The van der Waals surface area contributed by atoms with Gasteiger partial charge in [0.25, 0.3) is 0 Å². The predicted octanol–water partition coefficient (Wildman–Crippen LogP) is 3.87. The maximum atomic E-state index is 14.1. The highest BCUT2D eigenvalue weighted by Gasteiger charge is 2.24. The van der Waals surface area contributed by atoms with Gasteiger partial charge < -0.3 is 20.4 Å². The molecule has 0 bridgehead atoms. The molecular formula is C24H29FN6. The summed E-state index contributed by atoms with van der Waals surface area (Å²) in [6.07, 6.45) is 0. The van der Waals surface area contributed by atoms with Crippen LogP contribution in [0, 0.1) is 19.7 Å². The highest BCUT2D eigenvalue weighted by molar-refractivity contribution is 5.85. The van der Waals surface area contributed by atoms with Crippen LogP contribution in [-0.4, -0.2) is 50.2 Å². The third-order valence-electron chi connectivity index (χ3n) is 5.88. The van der Waals surface area contributed by atoms with Crippen LogP contribution in [0.2, 0.25) is 0 Å². The molecule has 162 valence electrons. The Morgan fingerprint density at radius 1 is 0.903 bits per heavy atom. The molecule has 1 aromatic heterocycles. The van der Waals surface area contributed by atoms with Crippen LogP contribution in [0.25, 0.3) is 11.1 Å². The van der Waals surface area contributed by atoms with E-state index in [0.717, 1.165) is 16.9 Å². The Bertz CT molecular complexity index is 1090. The second kappa shape index (κ2) is 8.41. The van der Waals surface area contributed by atoms with E-state index in [0.29, 0.717) is 43.6 Å². The van der Waals surface area contributed by atoms with Crippen molar-refractivity contribution >= 4 is 23.3 Å². The topological polar surface area (TPSA) is 61.5 Å². The summed E-state index contributed by atoms with van der Waals surface area (Å²) in [5.74, 6) is 1.68. The van der Waals surface area contributed by atoms with E-state index in [1.807, 2.05) is 31.1 Å². The fraction of sp³-hybridized carbons (Fsp3) is 0.333. The molecule has 0 amide bonds. The molecule has 3 aromatic rings. The minimum Gasteiger partial charge on any atom is -0.383 e. The van der Waals surface area contributed by atoms with E-state index >= 15 is 0 Å². The van der Waals surface area contributed by atoms with Crippen LogP contribution in [0.1, 0.15) is 11.1 Å². The summed E-state index contributed by atoms with van der Waals surface area (Å²) >= 11 is 0. The number of piperazine rings is 1. The van der Waals surface area contributed by atoms with Crippen molar-refractivity contribution in [2.45, 2.75) is 13.8 Å². The molecule has 1 aliphatic rings. The molecule has 1 aliphatic heterocycles. The largest absolute Gasteiger partial charge is 0.383 e. The predicted molar refractivity (Wildman–Crippen MR) is 127 cm³/mol. The van der Waals surface area contributed by atoms with Gasteiger partial charge in [-0.3, -0.25) is 0 Å². The van der Waals surface area contributed by atoms with Gasteiger partial charge in [0.1, 0.15) is 17.5 Å². The summed E-state index contributed by atoms with van der Waals surface area (Å²) in [4.78, 5) is 15.7. The SMILES string of the molecule is Cc1ccc(-c2c(N)nc(N3CCN(c4ccccc4F)CC3)nc2N(C)C)cc1C. The third kappa shape index (κ3) is 4.13. The number of para-hydroxylation sites is 1. The zero-order valence-electron chi connectivity index (χ0n) is 18.6. The minimum absolute atomic E-state index is 0.191. The Balaban J connectivity index is 1.62. The zero-order chi connectivity index (χ0) is 22.1. The second-order valence-corrected chi connectivity index (χ2v) is 8.23. The van der Waals surface area contributed by atoms with Gasteiger partial charge in [0.2, 0.25) is 5.95 Å². The van der Waals surface area contributed by atoms with Crippen molar-refractivity contribution < 1.29 is 4.39 Å². The first-order chi connectivity index (χ1) is 14.8. The van der Waals surface area contributed by atoms with Crippen molar-refractivity contribution in [3.8, 4) is 11.1 Å². The Labute approximate surface area is 183 Å². The molecule has 0 unspecified atom stereocenters. The molecule has 0 saturated carbocycles. The third-order valence-corrected chi connectivity index (χ3v) is 5.88. The number of aromatic nitrogens is 2. The summed E-state index contributed by atoms with van der Waals surface area (Å²) in [5.41, 5.74) is 11.4. The van der Waals surface area contributed by atoms with Gasteiger partial charge in [-0.2, -0.15) is 9.97 Å². The number of benzene rings is 2. The maximum absolute atomic E-state index is 14.1. The molecule has 2 N–H and O–H groups in total. The van der Waals surface area contributed by atoms with Crippen LogP contribution in [0.3, 0.4) is 0 Å². The fourth-order valence-corrected chi connectivity index (χ4v) is 3.95. The summed E-state index contributed by atoms with van der Waals surface area (Å²) in [6, 6.07) is 13.2. The molecule has 2 heterocycles. The van der Waals surface area contributed by atoms with E-state index in [4.69, 9.17) is 10.7 Å². The number of hydrogen-bond acceptors (Lipinski definition) is 6. The van der Waals surface area contributed by atoms with Crippen molar-refractivity contribution in [3.05, 3.63) is 59.4 Å². The van der Waals surface area contributed by atoms with E-state index in [2.05, 4.69) is 46.8 Å². The van der Waals surface area contributed by atoms with Crippen LogP contribution in [0.5, 0.6) is 0 Å². The van der Waals surface area contributed by atoms with E-state index in [9.17, 15) is 4.39 Å². The number of hydrogen-bond donors (Lipinski definition) is 1. The lowest BCUT2D eigenvalue weighted by Gasteiger charge is -2.36. The summed E-state index contributed by atoms with van der Waals surface area (Å²) in [6.45, 7) is 6.97. The van der Waals surface area contributed by atoms with Crippen molar-refractivity contribution in [2.24, 2.45) is 0 Å². The number of nitrogens with zero attached hydrogens (tertiary/aromatic N) is 5. The molecule has 2 aromatic carbocycles. The molecule has 6 nitrogen and oxygen atoms in total. The Morgan fingerprint density at radius 3 is 2.23 bits per heavy atom. The lowest BCUT2D eigenvalue weighted by molar-refractivity contribution is 0.594. The van der Waals surface area contributed by atoms with Crippen LogP contribution in [0.15, 0.2) is 42.5 Å². The first-order valence-electron chi connectivity index (χ1n) is 10.5. The normalized spacial score (nSPS) is 14.1. The van der Waals surface area contributed by atoms with Crippen LogP contribution >= 0.6 is 0 Å². The molecule has 1 saturated heterocycles. The Kier molecular flexibility index (Phi) is 5.67. The van der Waals surface area contributed by atoms with Crippen molar-refractivity contribution in [2.75, 3.05) is 60.7 Å². The molecule has 0 aliphatic carbocycles. The summed E-state index contributed by atoms with van der Waals surface area (Å²) in [5, 5.41) is 0. The van der Waals surface area contributed by atoms with Crippen molar-refractivity contribution in [1.29, 1.82) is 0 Å². The van der Waals surface area contributed by atoms with E-state index in [1.54, 1.807) is 6.07 Å². The van der Waals surface area contributed by atoms with Gasteiger partial charge in [-0.25, -0.2) is 4.39 Å². The molecule has 0 atom stereocenters. The highest BCUT2D eigenvalue weighted by atomic mass is 19.1. The van der Waals surface area contributed by atoms with E-state index in [-0.39, 0.29) is 5.82 Å². The Morgan fingerprint density at radius 2 is 1.58 bits per heavy atom. The molecule has 4 rings (SSSR count). The van der Waals surface area contributed by atoms with Crippen LogP contribution in [-0.2, 0) is 0 Å². The minimum atomic E-state index is -0.191. The maximum Gasteiger partial charge on any atom is 0.229 e. The lowest BCUT2D eigenvalue weighted by Crippen LogP contribution is -2.47. The summed E-state index contributed by atoms with van der Waals surface area (Å²) < 4.78 is 14.1. The number of nitrogen functional groups attached to an aromatic ring is 1. The van der Waals surface area contributed by atoms with E-state index in [1.165, 1.54) is 17.2 Å². The van der Waals surface area contributed by atoms with Gasteiger partial charge in [-0.05, 0) is 42.7 Å². The fourth-order valence-electron chi connectivity index (χ4n) is 3.95. The van der Waals surface area contributed by atoms with Gasteiger partial charge in [0.05, 0.1) is 11.3 Å². The highest BCUT2D eigenvalue weighted by Crippen LogP contribution is 2.35. The van der Waals surface area contributed by atoms with Crippen LogP contribution < -0.4 is 20.4 Å². The molecule has 31 heavy (non-hydrogen) atoms. The Hall–Kier alpha value is -3.35. The average molecular weight is 421 g/mol. The number of halogens is 1. The molecule has 0 radical (unpaired) electrons. The molecular weight excluding hydrogens is 391 g/mol. The monoisotopic (exact) mass is 420 g/mol.